The van der Waals surface area contributed by atoms with E-state index in [2.05, 4.69) is 16.4 Å². The summed E-state index contributed by atoms with van der Waals surface area (Å²) in [5, 5.41) is 3.19. The summed E-state index contributed by atoms with van der Waals surface area (Å²) in [5.74, 6) is 1.38. The summed E-state index contributed by atoms with van der Waals surface area (Å²) in [6.07, 6.45) is 6.65. The summed E-state index contributed by atoms with van der Waals surface area (Å²) in [7, 11) is 1.54. The van der Waals surface area contributed by atoms with E-state index in [1.54, 1.807) is 18.3 Å². The van der Waals surface area contributed by atoms with Crippen molar-refractivity contribution in [3.05, 3.63) is 53.7 Å². The van der Waals surface area contributed by atoms with Gasteiger partial charge in [0.1, 0.15) is 12.4 Å². The van der Waals surface area contributed by atoms with Gasteiger partial charge in [-0.05, 0) is 56.7 Å². The zero-order chi connectivity index (χ0) is 23.3. The van der Waals surface area contributed by atoms with E-state index < -0.39 is 5.41 Å². The number of nitrogens with one attached hydrogen (secondary N) is 1. The summed E-state index contributed by atoms with van der Waals surface area (Å²) in [5.41, 5.74) is 1.34. The van der Waals surface area contributed by atoms with Gasteiger partial charge in [-0.3, -0.25) is 9.59 Å². The number of hydrogen-bond donors (Lipinski definition) is 1. The molecule has 1 aromatic heterocycles. The van der Waals surface area contributed by atoms with Crippen LogP contribution in [0.15, 0.2) is 42.6 Å². The highest BCUT2D eigenvalue weighted by Crippen LogP contribution is 2.38. The van der Waals surface area contributed by atoms with E-state index in [1.807, 2.05) is 30.0 Å². The van der Waals surface area contributed by atoms with Crippen LogP contribution in [-0.2, 0) is 11.2 Å². The molecule has 7 nitrogen and oxygen atoms in total. The first-order valence-corrected chi connectivity index (χ1v) is 11.8. The lowest BCUT2D eigenvalue weighted by Crippen LogP contribution is -2.52. The third-order valence-corrected chi connectivity index (χ3v) is 6.87. The fraction of sp³-hybridized carbons (Fsp3) is 0.500. The first-order chi connectivity index (χ1) is 16.0. The number of aryl methyl sites for hydroxylation is 1. The molecule has 0 saturated carbocycles. The number of pyridine rings is 1. The Morgan fingerprint density at radius 1 is 1.18 bits per heavy atom. The van der Waals surface area contributed by atoms with Crippen LogP contribution in [0, 0.1) is 5.41 Å². The number of methoxy groups -OCH3 is 1. The van der Waals surface area contributed by atoms with Crippen LogP contribution < -0.4 is 14.8 Å². The molecule has 176 valence electrons. The third-order valence-electron chi connectivity index (χ3n) is 6.87. The number of amides is 2. The molecule has 7 heteroatoms. The molecule has 2 aromatic rings. The highest BCUT2D eigenvalue weighted by Gasteiger charge is 2.42. The molecule has 2 amide bonds. The van der Waals surface area contributed by atoms with Gasteiger partial charge in [0.2, 0.25) is 11.8 Å². The van der Waals surface area contributed by atoms with E-state index in [1.165, 1.54) is 12.7 Å². The molecule has 33 heavy (non-hydrogen) atoms. The number of rotatable bonds is 2. The van der Waals surface area contributed by atoms with Crippen molar-refractivity contribution in [2.24, 2.45) is 5.41 Å². The summed E-state index contributed by atoms with van der Waals surface area (Å²) < 4.78 is 11.2. The number of piperidine rings is 1. The van der Waals surface area contributed by atoms with Crippen molar-refractivity contribution < 1.29 is 19.1 Å². The van der Waals surface area contributed by atoms with Gasteiger partial charge < -0.3 is 19.7 Å². The van der Waals surface area contributed by atoms with Crippen LogP contribution in [-0.4, -0.2) is 54.5 Å². The van der Waals surface area contributed by atoms with Crippen LogP contribution in [0.4, 0.5) is 0 Å². The zero-order valence-corrected chi connectivity index (χ0v) is 19.5. The Bertz CT molecular complexity index is 985. The van der Waals surface area contributed by atoms with Crippen LogP contribution in [0.1, 0.15) is 54.9 Å². The third kappa shape index (κ3) is 5.29. The van der Waals surface area contributed by atoms with E-state index in [0.717, 1.165) is 31.4 Å². The Balaban J connectivity index is 1.45. The van der Waals surface area contributed by atoms with E-state index >= 15 is 0 Å². The minimum Gasteiger partial charge on any atom is -0.491 e. The fourth-order valence-electron chi connectivity index (χ4n) is 4.83. The summed E-state index contributed by atoms with van der Waals surface area (Å²) >= 11 is 0. The molecular weight excluding hydrogens is 418 g/mol. The quantitative estimate of drug-likeness (QED) is 0.754. The summed E-state index contributed by atoms with van der Waals surface area (Å²) in [6, 6.07) is 11.4. The van der Waals surface area contributed by atoms with Crippen molar-refractivity contribution in [2.75, 3.05) is 26.8 Å². The fourth-order valence-corrected chi connectivity index (χ4v) is 4.83. The molecule has 0 unspecified atom stereocenters. The van der Waals surface area contributed by atoms with Gasteiger partial charge in [0.25, 0.3) is 5.91 Å². The van der Waals surface area contributed by atoms with Crippen molar-refractivity contribution in [1.82, 2.24) is 15.2 Å². The number of ether oxygens (including phenoxy) is 2. The maximum absolute atomic E-state index is 13.4. The normalized spacial score (nSPS) is 21.1. The number of benzene rings is 1. The largest absolute Gasteiger partial charge is 0.491 e. The number of nitrogens with zero attached hydrogens (tertiary/aromatic N) is 2. The molecule has 0 bridgehead atoms. The lowest BCUT2D eigenvalue weighted by molar-refractivity contribution is -0.135. The van der Waals surface area contributed by atoms with Crippen LogP contribution in [0.25, 0.3) is 0 Å². The maximum atomic E-state index is 13.4. The molecule has 2 aliphatic rings. The molecule has 4 rings (SSSR count). The van der Waals surface area contributed by atoms with Gasteiger partial charge in [-0.25, -0.2) is 4.98 Å². The van der Waals surface area contributed by atoms with Crippen molar-refractivity contribution in [3.63, 3.8) is 0 Å². The van der Waals surface area contributed by atoms with Crippen LogP contribution >= 0.6 is 0 Å². The van der Waals surface area contributed by atoms with E-state index in [-0.39, 0.29) is 17.9 Å². The molecular formula is C26H33N3O4. The second kappa shape index (κ2) is 10.2. The monoisotopic (exact) mass is 451 g/mol. The predicted octanol–water partition coefficient (Wildman–Crippen LogP) is 3.62. The minimum atomic E-state index is -0.445. The lowest BCUT2D eigenvalue weighted by Gasteiger charge is -2.41. The highest BCUT2D eigenvalue weighted by atomic mass is 16.5. The number of hydrogen-bond acceptors (Lipinski definition) is 5. The molecule has 3 heterocycles. The predicted molar refractivity (Wildman–Crippen MR) is 125 cm³/mol. The number of carbonyl (C=O) groups excluding carboxylic acids is 2. The maximum Gasteiger partial charge on any atom is 0.254 e. The first-order valence-electron chi connectivity index (χ1n) is 11.8. The van der Waals surface area contributed by atoms with Gasteiger partial charge in [0.15, 0.2) is 0 Å². The van der Waals surface area contributed by atoms with Gasteiger partial charge in [-0.2, -0.15) is 0 Å². The van der Waals surface area contributed by atoms with Crippen LogP contribution in [0.3, 0.4) is 0 Å². The van der Waals surface area contributed by atoms with Crippen molar-refractivity contribution in [2.45, 2.75) is 51.5 Å². The average molecular weight is 452 g/mol. The Kier molecular flexibility index (Phi) is 7.16. The Morgan fingerprint density at radius 3 is 2.76 bits per heavy atom. The van der Waals surface area contributed by atoms with Gasteiger partial charge in [-0.1, -0.05) is 24.6 Å². The van der Waals surface area contributed by atoms with E-state index in [0.29, 0.717) is 44.0 Å². The molecule has 1 aromatic carbocycles. The lowest BCUT2D eigenvalue weighted by atomic mass is 9.73. The average Bonchev–Trinajstić information content (AvgIpc) is 2.85. The number of carbonyl (C=O) groups is 2. The van der Waals surface area contributed by atoms with E-state index in [9.17, 15) is 9.59 Å². The number of para-hydroxylation sites is 1. The van der Waals surface area contributed by atoms with Gasteiger partial charge in [0, 0.05) is 30.9 Å². The Hall–Kier alpha value is -3.09. The smallest absolute Gasteiger partial charge is 0.254 e. The topological polar surface area (TPSA) is 80.8 Å². The SMILES string of the molecule is COc1cc(C(=O)N2CCC3(CCCCc4ccccc4OC[C@@H](C)NC3=O)CC2)ccn1. The number of fused-ring (bicyclic) bond motifs is 1. The minimum absolute atomic E-state index is 0.0440. The van der Waals surface area contributed by atoms with Crippen molar-refractivity contribution >= 4 is 11.8 Å². The standard InChI is InChI=1S/C26H33N3O4/c1-19-18-33-22-9-4-3-7-20(22)8-5-6-11-26(25(31)28-19)12-15-29(16-13-26)24(30)21-10-14-27-23(17-21)32-2/h3-4,7,9-10,14,17,19H,5-6,8,11-13,15-16,18H2,1-2H3,(H,28,31)/t19-/m1/s1. The molecule has 1 spiro atoms. The number of aromatic nitrogens is 1. The first kappa shape index (κ1) is 23.1. The van der Waals surface area contributed by atoms with Crippen LogP contribution in [0.5, 0.6) is 11.6 Å². The van der Waals surface area contributed by atoms with Gasteiger partial charge in [-0.15, -0.1) is 0 Å². The second-order valence-corrected chi connectivity index (χ2v) is 9.16. The van der Waals surface area contributed by atoms with Crippen LogP contribution in [0.2, 0.25) is 0 Å². The molecule has 1 saturated heterocycles. The van der Waals surface area contributed by atoms with Crippen molar-refractivity contribution in [3.8, 4) is 11.6 Å². The van der Waals surface area contributed by atoms with Gasteiger partial charge >= 0.3 is 0 Å². The summed E-state index contributed by atoms with van der Waals surface area (Å²) in [6.45, 7) is 3.54. The molecule has 1 N–H and O–H groups in total. The molecule has 1 atom stereocenters. The summed E-state index contributed by atoms with van der Waals surface area (Å²) in [4.78, 5) is 32.3. The van der Waals surface area contributed by atoms with E-state index in [4.69, 9.17) is 9.47 Å². The molecule has 2 aliphatic heterocycles. The number of likely N-dealkylation sites (tertiary alicyclic amines) is 1. The second-order valence-electron chi connectivity index (χ2n) is 9.16. The Labute approximate surface area is 195 Å². The van der Waals surface area contributed by atoms with Gasteiger partial charge in [0.05, 0.1) is 18.6 Å². The van der Waals surface area contributed by atoms with Crippen molar-refractivity contribution in [1.29, 1.82) is 0 Å². The molecule has 1 fully saturated rings. The zero-order valence-electron chi connectivity index (χ0n) is 19.5. The highest BCUT2D eigenvalue weighted by molar-refractivity contribution is 5.94. The Morgan fingerprint density at radius 2 is 1.97 bits per heavy atom. The molecule has 0 aliphatic carbocycles. The molecule has 0 radical (unpaired) electrons.